The summed E-state index contributed by atoms with van der Waals surface area (Å²) < 4.78 is 20.0. The Kier molecular flexibility index (Phi) is 5.64. The zero-order valence-corrected chi connectivity index (χ0v) is 12.1. The lowest BCUT2D eigenvalue weighted by atomic mass is 10.0. The third kappa shape index (κ3) is 2.43. The number of aldehydes is 1. The van der Waals surface area contributed by atoms with Crippen molar-refractivity contribution in [1.29, 1.82) is 0 Å². The molecule has 1 aliphatic carbocycles. The highest BCUT2D eigenvalue weighted by Gasteiger charge is 2.79. The van der Waals surface area contributed by atoms with Crippen molar-refractivity contribution < 1.29 is 33.3 Å². The first-order valence-electron chi connectivity index (χ1n) is 6.41. The van der Waals surface area contributed by atoms with Gasteiger partial charge in [0, 0.05) is 20.1 Å². The van der Waals surface area contributed by atoms with Gasteiger partial charge in [-0.25, -0.2) is 0 Å². The van der Waals surface area contributed by atoms with E-state index in [4.69, 9.17) is 18.9 Å². The summed E-state index contributed by atoms with van der Waals surface area (Å²) in [5.74, 6) is -3.17. The predicted octanol–water partition coefficient (Wildman–Crippen LogP) is 0.163. The van der Waals surface area contributed by atoms with E-state index in [1.807, 2.05) is 0 Å². The third-order valence-electron chi connectivity index (χ3n) is 3.46. The smallest absolute Gasteiger partial charge is 0.324 e. The second-order valence-electron chi connectivity index (χ2n) is 4.34. The van der Waals surface area contributed by atoms with Crippen LogP contribution in [-0.2, 0) is 33.3 Å². The van der Waals surface area contributed by atoms with Gasteiger partial charge in [-0.15, -0.1) is 0 Å². The first kappa shape index (κ1) is 16.6. The van der Waals surface area contributed by atoms with Gasteiger partial charge < -0.3 is 23.7 Å². The highest BCUT2D eigenvalue weighted by molar-refractivity contribution is 6.08. The van der Waals surface area contributed by atoms with Crippen LogP contribution in [0.15, 0.2) is 0 Å². The van der Waals surface area contributed by atoms with Gasteiger partial charge in [-0.3, -0.25) is 9.59 Å². The largest absolute Gasteiger partial charge is 0.465 e. The van der Waals surface area contributed by atoms with Crippen LogP contribution in [0.1, 0.15) is 13.8 Å². The van der Waals surface area contributed by atoms with Crippen molar-refractivity contribution >= 4 is 18.2 Å². The number of esters is 2. The van der Waals surface area contributed by atoms with Crippen LogP contribution in [0.2, 0.25) is 0 Å². The average molecular weight is 288 g/mol. The summed E-state index contributed by atoms with van der Waals surface area (Å²) in [7, 11) is 2.74. The van der Waals surface area contributed by atoms with Crippen LogP contribution in [0.4, 0.5) is 0 Å². The van der Waals surface area contributed by atoms with Crippen LogP contribution >= 0.6 is 0 Å². The molecule has 114 valence electrons. The Morgan fingerprint density at radius 2 is 1.55 bits per heavy atom. The molecule has 0 heterocycles. The molecule has 2 unspecified atom stereocenters. The Bertz CT molecular complexity index is 357. The van der Waals surface area contributed by atoms with Crippen LogP contribution in [0, 0.1) is 17.3 Å². The van der Waals surface area contributed by atoms with Crippen LogP contribution in [0.3, 0.4) is 0 Å². The number of carbonyl (C=O) groups is 3. The van der Waals surface area contributed by atoms with E-state index in [1.54, 1.807) is 13.8 Å². The molecule has 7 heteroatoms. The third-order valence-corrected chi connectivity index (χ3v) is 3.46. The summed E-state index contributed by atoms with van der Waals surface area (Å²) in [4.78, 5) is 35.6. The van der Waals surface area contributed by atoms with E-state index in [0.717, 1.165) is 0 Å². The van der Waals surface area contributed by atoms with Crippen molar-refractivity contribution in [2.75, 3.05) is 27.4 Å². The first-order valence-corrected chi connectivity index (χ1v) is 6.41. The summed E-state index contributed by atoms with van der Waals surface area (Å²) in [5.41, 5.74) is -1.66. The first-order chi connectivity index (χ1) is 9.55. The Hall–Kier alpha value is -1.47. The highest BCUT2D eigenvalue weighted by atomic mass is 16.7. The molecule has 1 fully saturated rings. The average Bonchev–Trinajstić information content (AvgIpc) is 3.11. The zero-order valence-electron chi connectivity index (χ0n) is 12.1. The lowest BCUT2D eigenvalue weighted by Crippen LogP contribution is -2.36. The monoisotopic (exact) mass is 288 g/mol. The van der Waals surface area contributed by atoms with E-state index >= 15 is 0 Å². The lowest BCUT2D eigenvalue weighted by Gasteiger charge is -2.18. The van der Waals surface area contributed by atoms with Crippen molar-refractivity contribution in [3.63, 3.8) is 0 Å². The van der Waals surface area contributed by atoms with Crippen molar-refractivity contribution in [1.82, 2.24) is 0 Å². The van der Waals surface area contributed by atoms with E-state index in [-0.39, 0.29) is 13.2 Å². The topological polar surface area (TPSA) is 88.1 Å². The van der Waals surface area contributed by atoms with Gasteiger partial charge in [0.1, 0.15) is 6.29 Å². The molecular weight excluding hydrogens is 268 g/mol. The summed E-state index contributed by atoms with van der Waals surface area (Å²) in [5, 5.41) is 0. The quantitative estimate of drug-likeness (QED) is 0.272. The minimum atomic E-state index is -1.66. The molecule has 7 nitrogen and oxygen atoms in total. The van der Waals surface area contributed by atoms with Crippen LogP contribution in [0.5, 0.6) is 0 Å². The van der Waals surface area contributed by atoms with Gasteiger partial charge >= 0.3 is 11.9 Å². The molecule has 1 aliphatic rings. The van der Waals surface area contributed by atoms with Crippen LogP contribution < -0.4 is 0 Å². The van der Waals surface area contributed by atoms with Gasteiger partial charge in [0.15, 0.2) is 11.7 Å². The SMILES string of the molecule is CCOC(=O)C1(C(=O)OCC)C(C=O)C1C(OC)OC. The number of carbonyl (C=O) groups excluding carboxylic acids is 3. The highest BCUT2D eigenvalue weighted by Crippen LogP contribution is 2.61. The fourth-order valence-corrected chi connectivity index (χ4v) is 2.54. The molecule has 0 radical (unpaired) electrons. The fourth-order valence-electron chi connectivity index (χ4n) is 2.54. The van der Waals surface area contributed by atoms with Gasteiger partial charge in [0.05, 0.1) is 19.1 Å². The molecule has 0 saturated heterocycles. The normalized spacial score (nSPS) is 23.2. The maximum absolute atomic E-state index is 12.2. The molecule has 0 N–H and O–H groups in total. The minimum absolute atomic E-state index is 0.100. The molecule has 0 bridgehead atoms. The summed E-state index contributed by atoms with van der Waals surface area (Å²) in [6, 6.07) is 0. The second kappa shape index (κ2) is 6.81. The van der Waals surface area contributed by atoms with Crippen LogP contribution in [-0.4, -0.2) is 51.9 Å². The standard InChI is InChI=1S/C13H20O7/c1-5-19-11(15)13(12(16)20-6-2)8(7-14)9(13)10(17-3)18-4/h7-10H,5-6H2,1-4H3. The number of ether oxygens (including phenoxy) is 4. The molecule has 0 aliphatic heterocycles. The number of hydrogen-bond donors (Lipinski definition) is 0. The van der Waals surface area contributed by atoms with E-state index in [1.165, 1.54) is 14.2 Å². The Labute approximate surface area is 117 Å². The van der Waals surface area contributed by atoms with Crippen molar-refractivity contribution in [3.8, 4) is 0 Å². The molecule has 0 amide bonds. The molecule has 1 rings (SSSR count). The number of hydrogen-bond acceptors (Lipinski definition) is 7. The van der Waals surface area contributed by atoms with Crippen molar-refractivity contribution in [2.45, 2.75) is 20.1 Å². The lowest BCUT2D eigenvalue weighted by molar-refractivity contribution is -0.172. The summed E-state index contributed by atoms with van der Waals surface area (Å²) >= 11 is 0. The molecule has 2 atom stereocenters. The number of methoxy groups -OCH3 is 2. The van der Waals surface area contributed by atoms with Gasteiger partial charge in [-0.05, 0) is 13.8 Å². The fraction of sp³-hybridized carbons (Fsp3) is 0.769. The second-order valence-corrected chi connectivity index (χ2v) is 4.34. The van der Waals surface area contributed by atoms with Gasteiger partial charge in [-0.2, -0.15) is 0 Å². The maximum Gasteiger partial charge on any atom is 0.324 e. The van der Waals surface area contributed by atoms with Gasteiger partial charge in [0.25, 0.3) is 0 Å². The molecule has 0 spiro atoms. The summed E-state index contributed by atoms with van der Waals surface area (Å²) in [6.07, 6.45) is -0.317. The molecule has 20 heavy (non-hydrogen) atoms. The van der Waals surface area contributed by atoms with E-state index in [0.29, 0.717) is 6.29 Å². The zero-order chi connectivity index (χ0) is 15.3. The van der Waals surface area contributed by atoms with E-state index < -0.39 is 35.5 Å². The van der Waals surface area contributed by atoms with Gasteiger partial charge in [0.2, 0.25) is 0 Å². The Morgan fingerprint density at radius 1 is 1.10 bits per heavy atom. The van der Waals surface area contributed by atoms with E-state index in [2.05, 4.69) is 0 Å². The number of rotatable bonds is 8. The van der Waals surface area contributed by atoms with Gasteiger partial charge in [-0.1, -0.05) is 0 Å². The molecular formula is C13H20O7. The molecule has 0 aromatic rings. The molecule has 1 saturated carbocycles. The molecule has 0 aromatic heterocycles. The minimum Gasteiger partial charge on any atom is -0.465 e. The Balaban J connectivity index is 3.14. The van der Waals surface area contributed by atoms with Crippen LogP contribution in [0.25, 0.3) is 0 Å². The Morgan fingerprint density at radius 3 is 1.85 bits per heavy atom. The maximum atomic E-state index is 12.2. The van der Waals surface area contributed by atoms with Crippen molar-refractivity contribution in [3.05, 3.63) is 0 Å². The molecule has 0 aromatic carbocycles. The van der Waals surface area contributed by atoms with E-state index in [9.17, 15) is 14.4 Å². The predicted molar refractivity (Wildman–Crippen MR) is 66.5 cm³/mol. The van der Waals surface area contributed by atoms with Crippen molar-refractivity contribution in [2.24, 2.45) is 17.3 Å². The summed E-state index contributed by atoms with van der Waals surface area (Å²) in [6.45, 7) is 3.44.